The van der Waals surface area contributed by atoms with Gasteiger partial charge < -0.3 is 18.9 Å². The van der Waals surface area contributed by atoms with E-state index in [1.54, 1.807) is 0 Å². The molecule has 8 nitrogen and oxygen atoms in total. The largest absolute Gasteiger partial charge is 0.458 e. The molecule has 3 atom stereocenters. The first-order chi connectivity index (χ1) is 9.31. The van der Waals surface area contributed by atoms with Gasteiger partial charge in [0.15, 0.2) is 24.9 Å². The molecule has 0 aliphatic carbocycles. The molecule has 1 heterocycles. The van der Waals surface area contributed by atoms with Gasteiger partial charge in [0.05, 0.1) is 6.61 Å². The molecule has 0 aromatic rings. The first-order valence-corrected chi connectivity index (χ1v) is 5.93. The van der Waals surface area contributed by atoms with Crippen LogP contribution in [0.4, 0.5) is 0 Å². The van der Waals surface area contributed by atoms with Crippen molar-refractivity contribution in [2.75, 3.05) is 13.2 Å². The standard InChI is InChI=1S/C12H16O8/c1-6(13)17-4-9(16)11-12(20-8(3)15)10(5-18-11)19-7(2)14/h10-12H,4-5H2,1-3H3/t10-,11-,12-/m1/s1. The van der Waals surface area contributed by atoms with Crippen LogP contribution in [0.25, 0.3) is 0 Å². The number of ketones is 1. The number of esters is 3. The van der Waals surface area contributed by atoms with Crippen molar-refractivity contribution in [2.45, 2.75) is 39.1 Å². The number of hydrogen-bond donors (Lipinski definition) is 0. The molecule has 8 heteroatoms. The average Bonchev–Trinajstić information content (AvgIpc) is 2.68. The molecule has 1 saturated heterocycles. The molecular weight excluding hydrogens is 272 g/mol. The van der Waals surface area contributed by atoms with Crippen molar-refractivity contribution in [3.63, 3.8) is 0 Å². The number of rotatable bonds is 5. The quantitative estimate of drug-likeness (QED) is 0.487. The molecule has 20 heavy (non-hydrogen) atoms. The lowest BCUT2D eigenvalue weighted by Crippen LogP contribution is -2.42. The van der Waals surface area contributed by atoms with Gasteiger partial charge in [0, 0.05) is 20.8 Å². The van der Waals surface area contributed by atoms with Crippen molar-refractivity contribution in [1.82, 2.24) is 0 Å². The van der Waals surface area contributed by atoms with E-state index in [2.05, 4.69) is 4.74 Å². The summed E-state index contributed by atoms with van der Waals surface area (Å²) in [5, 5.41) is 0. The summed E-state index contributed by atoms with van der Waals surface area (Å²) >= 11 is 0. The third-order valence-electron chi connectivity index (χ3n) is 2.46. The van der Waals surface area contributed by atoms with Gasteiger partial charge in [0.1, 0.15) is 0 Å². The van der Waals surface area contributed by atoms with Crippen LogP contribution in [0.3, 0.4) is 0 Å². The van der Waals surface area contributed by atoms with E-state index >= 15 is 0 Å². The molecule has 0 spiro atoms. The Hall–Kier alpha value is -1.96. The van der Waals surface area contributed by atoms with Crippen molar-refractivity contribution in [3.8, 4) is 0 Å². The molecule has 0 aromatic carbocycles. The van der Waals surface area contributed by atoms with Gasteiger partial charge in [-0.25, -0.2) is 0 Å². The van der Waals surface area contributed by atoms with E-state index in [0.717, 1.165) is 13.8 Å². The summed E-state index contributed by atoms with van der Waals surface area (Å²) in [6.07, 6.45) is -3.02. The third kappa shape index (κ3) is 4.61. The highest BCUT2D eigenvalue weighted by molar-refractivity contribution is 5.87. The second-order valence-corrected chi connectivity index (χ2v) is 4.22. The Kier molecular flexibility index (Phi) is 5.63. The van der Waals surface area contributed by atoms with E-state index in [1.807, 2.05) is 0 Å². The highest BCUT2D eigenvalue weighted by Crippen LogP contribution is 2.22. The molecule has 1 aliphatic heterocycles. The molecule has 1 rings (SSSR count). The maximum absolute atomic E-state index is 11.8. The first kappa shape index (κ1) is 16.1. The van der Waals surface area contributed by atoms with E-state index in [9.17, 15) is 19.2 Å². The Bertz CT molecular complexity index is 416. The minimum Gasteiger partial charge on any atom is -0.458 e. The van der Waals surface area contributed by atoms with Crippen LogP contribution in [0.2, 0.25) is 0 Å². The van der Waals surface area contributed by atoms with Gasteiger partial charge in [-0.2, -0.15) is 0 Å². The van der Waals surface area contributed by atoms with Gasteiger partial charge >= 0.3 is 17.9 Å². The summed E-state index contributed by atoms with van der Waals surface area (Å²) in [4.78, 5) is 44.5. The van der Waals surface area contributed by atoms with Crippen molar-refractivity contribution in [3.05, 3.63) is 0 Å². The molecule has 0 bridgehead atoms. The highest BCUT2D eigenvalue weighted by Gasteiger charge is 2.45. The molecule has 112 valence electrons. The number of carbonyl (C=O) groups is 4. The maximum atomic E-state index is 11.8. The van der Waals surface area contributed by atoms with Gasteiger partial charge in [-0.3, -0.25) is 19.2 Å². The van der Waals surface area contributed by atoms with E-state index in [1.165, 1.54) is 6.92 Å². The predicted molar refractivity (Wildman–Crippen MR) is 62.5 cm³/mol. The molecule has 0 N–H and O–H groups in total. The van der Waals surface area contributed by atoms with Crippen LogP contribution in [0.1, 0.15) is 20.8 Å². The third-order valence-corrected chi connectivity index (χ3v) is 2.46. The van der Waals surface area contributed by atoms with Gasteiger partial charge in [-0.15, -0.1) is 0 Å². The summed E-state index contributed by atoms with van der Waals surface area (Å²) in [5.74, 6) is -2.40. The Morgan fingerprint density at radius 3 is 2.10 bits per heavy atom. The first-order valence-electron chi connectivity index (χ1n) is 5.93. The monoisotopic (exact) mass is 288 g/mol. The highest BCUT2D eigenvalue weighted by atomic mass is 16.6. The maximum Gasteiger partial charge on any atom is 0.303 e. The van der Waals surface area contributed by atoms with Gasteiger partial charge in [-0.05, 0) is 0 Å². The molecule has 0 saturated carbocycles. The van der Waals surface area contributed by atoms with Crippen LogP contribution in [-0.4, -0.2) is 55.2 Å². The second-order valence-electron chi connectivity index (χ2n) is 4.22. The van der Waals surface area contributed by atoms with E-state index in [4.69, 9.17) is 14.2 Å². The average molecular weight is 288 g/mol. The number of hydrogen-bond acceptors (Lipinski definition) is 8. The van der Waals surface area contributed by atoms with Crippen LogP contribution in [-0.2, 0) is 38.1 Å². The Labute approximate surface area is 115 Å². The van der Waals surface area contributed by atoms with Crippen molar-refractivity contribution >= 4 is 23.7 Å². The van der Waals surface area contributed by atoms with Crippen LogP contribution < -0.4 is 0 Å². The smallest absolute Gasteiger partial charge is 0.303 e. The topological polar surface area (TPSA) is 105 Å². The number of carbonyl (C=O) groups excluding carboxylic acids is 4. The lowest BCUT2D eigenvalue weighted by Gasteiger charge is -2.21. The minimum atomic E-state index is -1.12. The Morgan fingerprint density at radius 1 is 1.00 bits per heavy atom. The second kappa shape index (κ2) is 6.99. The zero-order valence-corrected chi connectivity index (χ0v) is 11.4. The van der Waals surface area contributed by atoms with Gasteiger partial charge in [0.2, 0.25) is 5.78 Å². The predicted octanol–water partition coefficient (Wildman–Crippen LogP) is -0.619. The molecule has 0 amide bonds. The summed E-state index contributed by atoms with van der Waals surface area (Å²) in [6.45, 7) is 2.95. The number of Topliss-reactive ketones (excluding diaryl/α,β-unsaturated/α-hetero) is 1. The normalized spacial score (nSPS) is 24.9. The fourth-order valence-electron chi connectivity index (χ4n) is 1.76. The van der Waals surface area contributed by atoms with Gasteiger partial charge in [-0.1, -0.05) is 0 Å². The Morgan fingerprint density at radius 2 is 1.60 bits per heavy atom. The van der Waals surface area contributed by atoms with Gasteiger partial charge in [0.25, 0.3) is 0 Å². The summed E-state index contributed by atoms with van der Waals surface area (Å²) in [7, 11) is 0. The van der Waals surface area contributed by atoms with Crippen LogP contribution in [0.15, 0.2) is 0 Å². The fourth-order valence-corrected chi connectivity index (χ4v) is 1.76. The van der Waals surface area contributed by atoms with Crippen molar-refractivity contribution in [1.29, 1.82) is 0 Å². The molecule has 0 aromatic heterocycles. The summed E-state index contributed by atoms with van der Waals surface area (Å²) < 4.78 is 19.6. The molecular formula is C12H16O8. The zero-order chi connectivity index (χ0) is 15.3. The minimum absolute atomic E-state index is 0.0754. The van der Waals surface area contributed by atoms with Crippen LogP contribution in [0, 0.1) is 0 Å². The Balaban J connectivity index is 2.73. The molecule has 1 aliphatic rings. The van der Waals surface area contributed by atoms with Crippen molar-refractivity contribution < 1.29 is 38.1 Å². The summed E-state index contributed by atoms with van der Waals surface area (Å²) in [5.41, 5.74) is 0. The lowest BCUT2D eigenvalue weighted by atomic mass is 10.1. The molecule has 0 unspecified atom stereocenters. The van der Waals surface area contributed by atoms with Crippen LogP contribution in [0.5, 0.6) is 0 Å². The molecule has 1 fully saturated rings. The SMILES string of the molecule is CC(=O)OCC(=O)[C@H]1OC[C@@H](OC(C)=O)[C@H]1OC(C)=O. The van der Waals surface area contributed by atoms with E-state index < -0.39 is 48.6 Å². The summed E-state index contributed by atoms with van der Waals surface area (Å²) in [6, 6.07) is 0. The molecule has 0 radical (unpaired) electrons. The zero-order valence-electron chi connectivity index (χ0n) is 11.4. The van der Waals surface area contributed by atoms with Crippen LogP contribution >= 0.6 is 0 Å². The van der Waals surface area contributed by atoms with Crippen molar-refractivity contribution in [2.24, 2.45) is 0 Å². The fraction of sp³-hybridized carbons (Fsp3) is 0.667. The number of ether oxygens (including phenoxy) is 4. The van der Waals surface area contributed by atoms with E-state index in [0.29, 0.717) is 0 Å². The lowest BCUT2D eigenvalue weighted by molar-refractivity contribution is -0.165. The van der Waals surface area contributed by atoms with E-state index in [-0.39, 0.29) is 6.61 Å².